The van der Waals surface area contributed by atoms with Crippen molar-refractivity contribution in [2.75, 3.05) is 33.2 Å². The topological polar surface area (TPSA) is 43.8 Å². The van der Waals surface area contributed by atoms with E-state index in [1.165, 1.54) is 6.07 Å². The summed E-state index contributed by atoms with van der Waals surface area (Å²) < 4.78 is 26.0. The summed E-state index contributed by atoms with van der Waals surface area (Å²) in [5.41, 5.74) is 0.314. The summed E-state index contributed by atoms with van der Waals surface area (Å²) >= 11 is 0. The molecule has 0 aromatic heterocycles. The Morgan fingerprint density at radius 3 is 2.75 bits per heavy atom. The lowest BCUT2D eigenvalue weighted by molar-refractivity contribution is -0.130. The molecule has 1 aliphatic rings. The van der Waals surface area contributed by atoms with Crippen molar-refractivity contribution < 1.29 is 18.7 Å². The lowest BCUT2D eigenvalue weighted by atomic mass is 10.1. The molecule has 1 saturated heterocycles. The average molecular weight is 284 g/mol. The zero-order valence-electron chi connectivity index (χ0n) is 11.4. The lowest BCUT2D eigenvalue weighted by Crippen LogP contribution is -2.36. The van der Waals surface area contributed by atoms with Crippen LogP contribution in [0.15, 0.2) is 18.2 Å². The van der Waals surface area contributed by atoms with E-state index < -0.39 is 17.7 Å². The molecule has 1 N–H and O–H groups in total. The average Bonchev–Trinajstić information content (AvgIpc) is 2.55. The Balaban J connectivity index is 2.01. The Hall–Kier alpha value is -1.53. The van der Waals surface area contributed by atoms with Gasteiger partial charge in [-0.15, -0.1) is 0 Å². The first-order valence-corrected chi connectivity index (χ1v) is 6.56. The molecular formula is C14H18F2N2O2. The summed E-state index contributed by atoms with van der Waals surface area (Å²) in [4.78, 5) is 15.2. The van der Waals surface area contributed by atoms with Gasteiger partial charge in [0.25, 0.3) is 0 Å². The van der Waals surface area contributed by atoms with Crippen LogP contribution in [0.1, 0.15) is 18.1 Å². The number of hydrogen-bond acceptors (Lipinski definition) is 3. The number of aliphatic hydroxyl groups is 1. The van der Waals surface area contributed by atoms with Crippen LogP contribution >= 0.6 is 0 Å². The van der Waals surface area contributed by atoms with Crippen molar-refractivity contribution in [3.8, 4) is 0 Å². The fourth-order valence-electron chi connectivity index (χ4n) is 2.27. The lowest BCUT2D eigenvalue weighted by Gasteiger charge is -2.22. The minimum absolute atomic E-state index is 0.0000123. The van der Waals surface area contributed by atoms with Gasteiger partial charge in [0.2, 0.25) is 5.91 Å². The number of carbonyl (C=O) groups excluding carboxylic acids is 1. The molecule has 0 spiro atoms. The fourth-order valence-corrected chi connectivity index (χ4v) is 2.27. The van der Waals surface area contributed by atoms with Crippen molar-refractivity contribution in [1.29, 1.82) is 0 Å². The van der Waals surface area contributed by atoms with E-state index in [0.717, 1.165) is 18.6 Å². The molecule has 6 heteroatoms. The Labute approximate surface area is 116 Å². The van der Waals surface area contributed by atoms with Crippen molar-refractivity contribution in [3.05, 3.63) is 35.4 Å². The summed E-state index contributed by atoms with van der Waals surface area (Å²) in [7, 11) is 1.75. The van der Waals surface area contributed by atoms with Crippen molar-refractivity contribution >= 4 is 5.91 Å². The first-order valence-electron chi connectivity index (χ1n) is 6.56. The van der Waals surface area contributed by atoms with E-state index in [0.29, 0.717) is 18.7 Å². The Morgan fingerprint density at radius 2 is 2.05 bits per heavy atom. The van der Waals surface area contributed by atoms with Crippen LogP contribution < -0.4 is 0 Å². The molecule has 1 heterocycles. The van der Waals surface area contributed by atoms with E-state index >= 15 is 0 Å². The van der Waals surface area contributed by atoms with Crippen molar-refractivity contribution in [3.63, 3.8) is 0 Å². The zero-order chi connectivity index (χ0) is 14.7. The second-order valence-corrected chi connectivity index (χ2v) is 5.09. The van der Waals surface area contributed by atoms with Crippen LogP contribution in [-0.4, -0.2) is 54.0 Å². The molecule has 1 aromatic rings. The zero-order valence-corrected chi connectivity index (χ0v) is 11.4. The third-order valence-electron chi connectivity index (χ3n) is 3.51. The van der Waals surface area contributed by atoms with Gasteiger partial charge in [-0.2, -0.15) is 0 Å². The van der Waals surface area contributed by atoms with Gasteiger partial charge >= 0.3 is 0 Å². The van der Waals surface area contributed by atoms with Crippen LogP contribution in [-0.2, 0) is 4.79 Å². The number of β-amino-alcohol motifs (C(OH)–C–C–N with tert-alkyl or cyclic N) is 1. The normalized spacial score (nSPS) is 19.0. The van der Waals surface area contributed by atoms with E-state index in [1.807, 2.05) is 4.90 Å². The number of nitrogens with zero attached hydrogens (tertiary/aromatic N) is 2. The summed E-state index contributed by atoms with van der Waals surface area (Å²) in [6.45, 7) is 1.84. The maximum absolute atomic E-state index is 13.1. The van der Waals surface area contributed by atoms with Gasteiger partial charge in [-0.1, -0.05) is 6.07 Å². The van der Waals surface area contributed by atoms with Crippen LogP contribution in [0.25, 0.3) is 0 Å². The minimum atomic E-state index is -0.978. The third-order valence-corrected chi connectivity index (χ3v) is 3.51. The number of carbonyl (C=O) groups is 1. The van der Waals surface area contributed by atoms with Crippen LogP contribution in [0.5, 0.6) is 0 Å². The van der Waals surface area contributed by atoms with Gasteiger partial charge in [-0.3, -0.25) is 9.69 Å². The van der Waals surface area contributed by atoms with Crippen molar-refractivity contribution in [2.45, 2.75) is 12.5 Å². The molecule has 1 atom stereocenters. The predicted octanol–water partition coefficient (Wildman–Crippen LogP) is 1.16. The highest BCUT2D eigenvalue weighted by Gasteiger charge is 2.21. The van der Waals surface area contributed by atoms with Crippen LogP contribution in [0.2, 0.25) is 0 Å². The van der Waals surface area contributed by atoms with Crippen molar-refractivity contribution in [2.24, 2.45) is 0 Å². The summed E-state index contributed by atoms with van der Waals surface area (Å²) in [5.74, 6) is -1.92. The Bertz CT molecular complexity index is 496. The van der Waals surface area contributed by atoms with Gasteiger partial charge in [-0.25, -0.2) is 8.78 Å². The molecule has 20 heavy (non-hydrogen) atoms. The molecule has 1 amide bonds. The first-order chi connectivity index (χ1) is 9.47. The van der Waals surface area contributed by atoms with Gasteiger partial charge in [0.15, 0.2) is 11.6 Å². The smallest absolute Gasteiger partial charge is 0.236 e. The molecule has 110 valence electrons. The van der Waals surface area contributed by atoms with Crippen molar-refractivity contribution in [1.82, 2.24) is 9.80 Å². The van der Waals surface area contributed by atoms with E-state index in [1.54, 1.807) is 11.9 Å². The van der Waals surface area contributed by atoms with E-state index in [-0.39, 0.29) is 19.0 Å². The van der Waals surface area contributed by atoms with Gasteiger partial charge in [-0.05, 0) is 24.1 Å². The van der Waals surface area contributed by atoms with E-state index in [4.69, 9.17) is 0 Å². The molecule has 2 rings (SSSR count). The summed E-state index contributed by atoms with van der Waals surface area (Å²) in [6.07, 6.45) is -0.117. The standard InChI is InChI=1S/C14H18F2N2O2/c1-17-5-2-6-18(9-14(17)20)8-13(19)10-3-4-11(15)12(16)7-10/h3-4,7,13,19H,2,5-6,8-9H2,1H3/t13-/m1/s1. The molecule has 0 aliphatic carbocycles. The number of rotatable bonds is 3. The highest BCUT2D eigenvalue weighted by molar-refractivity contribution is 5.78. The molecule has 1 aliphatic heterocycles. The number of aliphatic hydroxyl groups excluding tert-OH is 1. The number of benzene rings is 1. The molecule has 4 nitrogen and oxygen atoms in total. The molecule has 0 radical (unpaired) electrons. The molecule has 1 aromatic carbocycles. The number of amides is 1. The number of likely N-dealkylation sites (N-methyl/N-ethyl adjacent to an activating group) is 1. The van der Waals surface area contributed by atoms with Crippen LogP contribution in [0.4, 0.5) is 8.78 Å². The highest BCUT2D eigenvalue weighted by atomic mass is 19.2. The maximum atomic E-state index is 13.1. The van der Waals surface area contributed by atoms with E-state index in [9.17, 15) is 18.7 Å². The SMILES string of the molecule is CN1CCCN(C[C@@H](O)c2ccc(F)c(F)c2)CC1=O. The highest BCUT2D eigenvalue weighted by Crippen LogP contribution is 2.18. The molecule has 0 bridgehead atoms. The Kier molecular flexibility index (Phi) is 4.67. The Morgan fingerprint density at radius 1 is 1.30 bits per heavy atom. The van der Waals surface area contributed by atoms with Crippen LogP contribution in [0, 0.1) is 11.6 Å². The van der Waals surface area contributed by atoms with Gasteiger partial charge in [0, 0.05) is 26.7 Å². The third kappa shape index (κ3) is 3.52. The second kappa shape index (κ2) is 6.28. The minimum Gasteiger partial charge on any atom is -0.387 e. The van der Waals surface area contributed by atoms with Gasteiger partial charge < -0.3 is 10.0 Å². The number of halogens is 2. The first kappa shape index (κ1) is 14.9. The quantitative estimate of drug-likeness (QED) is 0.906. The summed E-state index contributed by atoms with van der Waals surface area (Å²) in [6, 6.07) is 3.34. The second-order valence-electron chi connectivity index (χ2n) is 5.09. The molecule has 0 saturated carbocycles. The maximum Gasteiger partial charge on any atom is 0.236 e. The van der Waals surface area contributed by atoms with Gasteiger partial charge in [0.05, 0.1) is 12.6 Å². The molecule has 0 unspecified atom stereocenters. The number of hydrogen-bond donors (Lipinski definition) is 1. The molecule has 1 fully saturated rings. The largest absolute Gasteiger partial charge is 0.387 e. The fraction of sp³-hybridized carbons (Fsp3) is 0.500. The monoisotopic (exact) mass is 284 g/mol. The van der Waals surface area contributed by atoms with Gasteiger partial charge in [0.1, 0.15) is 0 Å². The summed E-state index contributed by atoms with van der Waals surface area (Å²) in [5, 5.41) is 10.1. The van der Waals surface area contributed by atoms with Crippen LogP contribution in [0.3, 0.4) is 0 Å². The molecular weight excluding hydrogens is 266 g/mol. The van der Waals surface area contributed by atoms with E-state index in [2.05, 4.69) is 0 Å². The predicted molar refractivity (Wildman–Crippen MR) is 70.0 cm³/mol.